The van der Waals surface area contributed by atoms with Crippen LogP contribution in [-0.4, -0.2) is 46.0 Å². The second kappa shape index (κ2) is 7.50. The molecule has 0 radical (unpaired) electrons. The summed E-state index contributed by atoms with van der Waals surface area (Å²) in [6.45, 7) is 3.56. The van der Waals surface area contributed by atoms with Crippen LogP contribution in [0.1, 0.15) is 11.5 Å². The van der Waals surface area contributed by atoms with Crippen molar-refractivity contribution in [2.45, 2.75) is 6.54 Å². The molecule has 0 aliphatic carbocycles. The molecule has 1 aliphatic heterocycles. The third kappa shape index (κ3) is 3.33. The van der Waals surface area contributed by atoms with Gasteiger partial charge >= 0.3 is 0 Å². The number of furan rings is 1. The van der Waals surface area contributed by atoms with Gasteiger partial charge in [-0.3, -0.25) is 4.90 Å². The van der Waals surface area contributed by atoms with Crippen LogP contribution in [0.3, 0.4) is 0 Å². The zero-order chi connectivity index (χ0) is 20.5. The summed E-state index contributed by atoms with van der Waals surface area (Å²) in [5.74, 6) is 2.50. The average molecular weight is 401 g/mol. The van der Waals surface area contributed by atoms with Crippen molar-refractivity contribution < 1.29 is 8.83 Å². The van der Waals surface area contributed by atoms with Gasteiger partial charge in [-0.15, -0.1) is 0 Å². The number of aromatic nitrogens is 3. The van der Waals surface area contributed by atoms with Crippen molar-refractivity contribution in [3.8, 4) is 17.7 Å². The largest absolute Gasteiger partial charge is 0.459 e. The molecule has 9 heteroatoms. The number of hydrogen-bond donors (Lipinski definition) is 1. The van der Waals surface area contributed by atoms with E-state index in [0.29, 0.717) is 48.8 Å². The van der Waals surface area contributed by atoms with Crippen LogP contribution in [-0.2, 0) is 6.54 Å². The van der Waals surface area contributed by atoms with E-state index < -0.39 is 0 Å². The molecule has 9 nitrogen and oxygen atoms in total. The van der Waals surface area contributed by atoms with Crippen LogP contribution in [0.25, 0.3) is 22.6 Å². The first-order valence-corrected chi connectivity index (χ1v) is 9.64. The van der Waals surface area contributed by atoms with Crippen molar-refractivity contribution in [2.75, 3.05) is 36.8 Å². The summed E-state index contributed by atoms with van der Waals surface area (Å²) >= 11 is 0. The second-order valence-electron chi connectivity index (χ2n) is 7.07. The summed E-state index contributed by atoms with van der Waals surface area (Å²) in [6.07, 6.45) is 1.55. The number of nitrogens with zero attached hydrogens (tertiary/aromatic N) is 6. The molecule has 30 heavy (non-hydrogen) atoms. The summed E-state index contributed by atoms with van der Waals surface area (Å²) in [4.78, 5) is 17.7. The molecule has 0 spiro atoms. The number of fused-ring (bicyclic) bond motifs is 1. The smallest absolute Gasteiger partial charge is 0.266 e. The molecule has 150 valence electrons. The Morgan fingerprint density at radius 1 is 1.03 bits per heavy atom. The molecule has 0 atom stereocenters. The van der Waals surface area contributed by atoms with E-state index in [1.807, 2.05) is 29.2 Å². The number of piperazine rings is 1. The van der Waals surface area contributed by atoms with E-state index in [-0.39, 0.29) is 5.69 Å². The summed E-state index contributed by atoms with van der Waals surface area (Å²) in [5.41, 5.74) is 7.21. The Balaban J connectivity index is 1.29. The quantitative estimate of drug-likeness (QED) is 0.550. The van der Waals surface area contributed by atoms with Gasteiger partial charge in [0, 0.05) is 31.6 Å². The van der Waals surface area contributed by atoms with Gasteiger partial charge in [0.15, 0.2) is 5.76 Å². The van der Waals surface area contributed by atoms with E-state index in [1.165, 1.54) is 0 Å². The predicted octanol–water partition coefficient (Wildman–Crippen LogP) is 2.65. The lowest BCUT2D eigenvalue weighted by atomic mass is 10.2. The average Bonchev–Trinajstić information content (AvgIpc) is 3.44. The molecule has 1 aliphatic rings. The fourth-order valence-electron chi connectivity index (χ4n) is 3.64. The van der Waals surface area contributed by atoms with Crippen molar-refractivity contribution in [3.05, 3.63) is 54.2 Å². The van der Waals surface area contributed by atoms with Crippen LogP contribution in [0, 0.1) is 11.3 Å². The van der Waals surface area contributed by atoms with Gasteiger partial charge in [-0.1, -0.05) is 12.1 Å². The molecule has 0 saturated carbocycles. The minimum atomic E-state index is 0.264. The molecule has 4 heterocycles. The highest BCUT2D eigenvalue weighted by molar-refractivity contribution is 5.87. The van der Waals surface area contributed by atoms with E-state index >= 15 is 0 Å². The van der Waals surface area contributed by atoms with Crippen LogP contribution >= 0.6 is 0 Å². The van der Waals surface area contributed by atoms with E-state index in [2.05, 4.69) is 25.9 Å². The van der Waals surface area contributed by atoms with Crippen LogP contribution in [0.2, 0.25) is 0 Å². The van der Waals surface area contributed by atoms with Crippen LogP contribution in [0.5, 0.6) is 0 Å². The Kier molecular flexibility index (Phi) is 4.53. The Labute approximate surface area is 172 Å². The van der Waals surface area contributed by atoms with Crippen molar-refractivity contribution >= 4 is 22.6 Å². The van der Waals surface area contributed by atoms with Crippen molar-refractivity contribution in [2.24, 2.45) is 0 Å². The first-order valence-electron chi connectivity index (χ1n) is 9.64. The highest BCUT2D eigenvalue weighted by atomic mass is 16.4. The fourth-order valence-corrected chi connectivity index (χ4v) is 3.64. The normalized spacial score (nSPS) is 14.8. The van der Waals surface area contributed by atoms with E-state index in [1.54, 1.807) is 18.4 Å². The third-order valence-electron chi connectivity index (χ3n) is 5.15. The zero-order valence-corrected chi connectivity index (χ0v) is 16.2. The summed E-state index contributed by atoms with van der Waals surface area (Å²) < 4.78 is 11.2. The van der Waals surface area contributed by atoms with Gasteiger partial charge in [0.05, 0.1) is 18.3 Å². The number of para-hydroxylation sites is 1. The minimum Gasteiger partial charge on any atom is -0.459 e. The van der Waals surface area contributed by atoms with Crippen molar-refractivity contribution in [1.82, 2.24) is 19.9 Å². The fraction of sp³-hybridized carbons (Fsp3) is 0.238. The number of oxazole rings is 1. The molecule has 5 rings (SSSR count). The molecule has 4 aromatic rings. The predicted molar refractivity (Wildman–Crippen MR) is 110 cm³/mol. The van der Waals surface area contributed by atoms with Gasteiger partial charge in [-0.2, -0.15) is 10.2 Å². The Morgan fingerprint density at radius 3 is 2.63 bits per heavy atom. The molecule has 0 amide bonds. The molecule has 0 unspecified atom stereocenters. The monoisotopic (exact) mass is 401 g/mol. The zero-order valence-electron chi connectivity index (χ0n) is 16.2. The minimum absolute atomic E-state index is 0.264. The van der Waals surface area contributed by atoms with Crippen molar-refractivity contribution in [3.63, 3.8) is 0 Å². The number of hydrogen-bond acceptors (Lipinski definition) is 9. The maximum atomic E-state index is 9.45. The highest BCUT2D eigenvalue weighted by Crippen LogP contribution is 2.29. The van der Waals surface area contributed by atoms with Gasteiger partial charge in [0.1, 0.15) is 17.7 Å². The van der Waals surface area contributed by atoms with Crippen LogP contribution < -0.4 is 10.6 Å². The maximum Gasteiger partial charge on any atom is 0.266 e. The molecule has 3 aromatic heterocycles. The molecule has 1 saturated heterocycles. The van der Waals surface area contributed by atoms with Crippen molar-refractivity contribution in [1.29, 1.82) is 5.26 Å². The lowest BCUT2D eigenvalue weighted by molar-refractivity contribution is 0.241. The Bertz CT molecular complexity index is 1220. The van der Waals surface area contributed by atoms with E-state index in [0.717, 1.165) is 24.0 Å². The number of nitrogen functional groups attached to an aromatic ring is 1. The standard InChI is InChI=1S/C21H19N7O2/c22-12-16-21(30-20(25-16)17-6-3-11-29-17)28-9-7-27(8-10-28)13-18-24-15-5-2-1-4-14(15)19(23)26-18/h1-6,11H,7-10,13H2,(H2,23,24,26). The number of anilines is 2. The van der Waals surface area contributed by atoms with E-state index in [4.69, 9.17) is 14.6 Å². The van der Waals surface area contributed by atoms with Crippen LogP contribution in [0.4, 0.5) is 11.7 Å². The molecular weight excluding hydrogens is 382 g/mol. The highest BCUT2D eigenvalue weighted by Gasteiger charge is 2.25. The number of nitrogens with two attached hydrogens (primary N) is 1. The van der Waals surface area contributed by atoms with Gasteiger partial charge in [0.25, 0.3) is 5.89 Å². The maximum absolute atomic E-state index is 9.45. The molecule has 1 aromatic carbocycles. The summed E-state index contributed by atoms with van der Waals surface area (Å²) in [5, 5.41) is 10.3. The molecule has 0 bridgehead atoms. The number of nitriles is 1. The van der Waals surface area contributed by atoms with Crippen LogP contribution in [0.15, 0.2) is 51.5 Å². The van der Waals surface area contributed by atoms with Gasteiger partial charge in [-0.25, -0.2) is 9.97 Å². The second-order valence-corrected chi connectivity index (χ2v) is 7.07. The molecule has 2 N–H and O–H groups in total. The summed E-state index contributed by atoms with van der Waals surface area (Å²) in [7, 11) is 0. The number of rotatable bonds is 4. The SMILES string of the molecule is N#Cc1nc(-c2ccco2)oc1N1CCN(Cc2nc(N)c3ccccc3n2)CC1. The lowest BCUT2D eigenvalue weighted by Crippen LogP contribution is -2.46. The van der Waals surface area contributed by atoms with Gasteiger partial charge in [-0.05, 0) is 24.3 Å². The topological polar surface area (TPSA) is 121 Å². The van der Waals surface area contributed by atoms with Gasteiger partial charge in [0.2, 0.25) is 11.6 Å². The molecule has 1 fully saturated rings. The first-order chi connectivity index (χ1) is 14.7. The van der Waals surface area contributed by atoms with E-state index in [9.17, 15) is 5.26 Å². The lowest BCUT2D eigenvalue weighted by Gasteiger charge is -2.34. The van der Waals surface area contributed by atoms with Gasteiger partial charge < -0.3 is 19.5 Å². The third-order valence-corrected chi connectivity index (χ3v) is 5.15. The Hall–Kier alpha value is -3.90. The molecular formula is C21H19N7O2. The first kappa shape index (κ1) is 18.1. The summed E-state index contributed by atoms with van der Waals surface area (Å²) in [6, 6.07) is 13.4. The number of benzene rings is 1. The Morgan fingerprint density at radius 2 is 1.87 bits per heavy atom.